The number of hydrogen-bond acceptors (Lipinski definition) is 4. The van der Waals surface area contributed by atoms with Gasteiger partial charge in [-0.05, 0) is 31.0 Å². The topological polar surface area (TPSA) is 53.1 Å². The zero-order chi connectivity index (χ0) is 18.7. The number of ether oxygens (including phenoxy) is 1. The van der Waals surface area contributed by atoms with E-state index in [1.54, 1.807) is 18.9 Å². The maximum Gasteiger partial charge on any atom is 0.245 e. The SMILES string of the molecule is COc1ccc(Cl)cc1CN1CCN(C(=O)C2CCCN2C(C)=O)CC1. The molecule has 26 heavy (non-hydrogen) atoms. The van der Waals surface area contributed by atoms with Crippen LogP contribution < -0.4 is 4.74 Å². The normalized spacial score (nSPS) is 21.1. The number of hydrogen-bond donors (Lipinski definition) is 0. The van der Waals surface area contributed by atoms with Crippen molar-refractivity contribution in [2.45, 2.75) is 32.4 Å². The van der Waals surface area contributed by atoms with E-state index in [1.165, 1.54) is 0 Å². The average Bonchev–Trinajstić information content (AvgIpc) is 3.12. The lowest BCUT2D eigenvalue weighted by Gasteiger charge is -2.37. The zero-order valence-corrected chi connectivity index (χ0v) is 16.2. The van der Waals surface area contributed by atoms with Gasteiger partial charge < -0.3 is 14.5 Å². The molecule has 6 nitrogen and oxygen atoms in total. The first kappa shape index (κ1) is 19.0. The molecular formula is C19H26ClN3O3. The van der Waals surface area contributed by atoms with Gasteiger partial charge in [0.25, 0.3) is 0 Å². The Hall–Kier alpha value is -1.79. The largest absolute Gasteiger partial charge is 0.496 e. The summed E-state index contributed by atoms with van der Waals surface area (Å²) in [5.41, 5.74) is 1.05. The van der Waals surface area contributed by atoms with Crippen molar-refractivity contribution in [1.29, 1.82) is 0 Å². The van der Waals surface area contributed by atoms with Crippen molar-refractivity contribution in [3.05, 3.63) is 28.8 Å². The van der Waals surface area contributed by atoms with Crippen LogP contribution in [-0.4, -0.2) is 72.4 Å². The van der Waals surface area contributed by atoms with Crippen LogP contribution in [0.25, 0.3) is 0 Å². The number of carbonyl (C=O) groups is 2. The van der Waals surface area contributed by atoms with E-state index in [1.807, 2.05) is 23.1 Å². The summed E-state index contributed by atoms with van der Waals surface area (Å²) in [5.74, 6) is 0.918. The minimum absolute atomic E-state index is 0.00691. The molecule has 0 aromatic heterocycles. The number of benzene rings is 1. The van der Waals surface area contributed by atoms with E-state index >= 15 is 0 Å². The molecule has 0 saturated carbocycles. The molecule has 2 amide bonds. The molecule has 0 radical (unpaired) electrons. The summed E-state index contributed by atoms with van der Waals surface area (Å²) in [5, 5.41) is 0.695. The third-order valence-corrected chi connectivity index (χ3v) is 5.50. The number of amides is 2. The summed E-state index contributed by atoms with van der Waals surface area (Å²) in [4.78, 5) is 30.4. The second-order valence-electron chi connectivity index (χ2n) is 6.93. The maximum atomic E-state index is 12.8. The molecule has 0 spiro atoms. The summed E-state index contributed by atoms with van der Waals surface area (Å²) in [6, 6.07) is 5.37. The van der Waals surface area contributed by atoms with Crippen molar-refractivity contribution in [2.24, 2.45) is 0 Å². The highest BCUT2D eigenvalue weighted by Gasteiger charge is 2.36. The van der Waals surface area contributed by atoms with Crippen molar-refractivity contribution in [1.82, 2.24) is 14.7 Å². The van der Waals surface area contributed by atoms with Crippen LogP contribution in [0.1, 0.15) is 25.3 Å². The molecule has 2 saturated heterocycles. The van der Waals surface area contributed by atoms with Gasteiger partial charge >= 0.3 is 0 Å². The van der Waals surface area contributed by atoms with Gasteiger partial charge in [0, 0.05) is 56.8 Å². The number of rotatable bonds is 4. The number of carbonyl (C=O) groups excluding carboxylic acids is 2. The van der Waals surface area contributed by atoms with E-state index < -0.39 is 0 Å². The fraction of sp³-hybridized carbons (Fsp3) is 0.579. The lowest BCUT2D eigenvalue weighted by molar-refractivity contribution is -0.144. The van der Waals surface area contributed by atoms with E-state index in [-0.39, 0.29) is 17.9 Å². The van der Waals surface area contributed by atoms with Gasteiger partial charge in [0.05, 0.1) is 7.11 Å². The van der Waals surface area contributed by atoms with Crippen LogP contribution in [0.3, 0.4) is 0 Å². The standard InChI is InChI=1S/C19H26ClN3O3/c1-14(24)23-7-3-4-17(23)19(25)22-10-8-21(9-11-22)13-15-12-16(20)5-6-18(15)26-2/h5-6,12,17H,3-4,7-11,13H2,1-2H3. The highest BCUT2D eigenvalue weighted by Crippen LogP contribution is 2.25. The van der Waals surface area contributed by atoms with Gasteiger partial charge in [0.2, 0.25) is 11.8 Å². The smallest absolute Gasteiger partial charge is 0.245 e. The molecule has 2 aliphatic heterocycles. The highest BCUT2D eigenvalue weighted by molar-refractivity contribution is 6.30. The molecule has 2 aliphatic rings. The third-order valence-electron chi connectivity index (χ3n) is 5.26. The van der Waals surface area contributed by atoms with Gasteiger partial charge in [-0.3, -0.25) is 14.5 Å². The fourth-order valence-electron chi connectivity index (χ4n) is 3.85. The Morgan fingerprint density at radius 3 is 2.58 bits per heavy atom. The van der Waals surface area contributed by atoms with E-state index in [4.69, 9.17) is 16.3 Å². The third kappa shape index (κ3) is 4.13. The molecule has 3 rings (SSSR count). The molecular weight excluding hydrogens is 354 g/mol. The Morgan fingerprint density at radius 2 is 1.92 bits per heavy atom. The Bertz CT molecular complexity index is 674. The van der Waals surface area contributed by atoms with Crippen molar-refractivity contribution in [3.63, 3.8) is 0 Å². The molecule has 7 heteroatoms. The van der Waals surface area contributed by atoms with Gasteiger partial charge in [-0.1, -0.05) is 11.6 Å². The average molecular weight is 380 g/mol. The van der Waals surface area contributed by atoms with Crippen molar-refractivity contribution < 1.29 is 14.3 Å². The summed E-state index contributed by atoms with van der Waals surface area (Å²) < 4.78 is 5.42. The quantitative estimate of drug-likeness (QED) is 0.803. The van der Waals surface area contributed by atoms with E-state index in [0.29, 0.717) is 24.7 Å². The Balaban J connectivity index is 1.57. The Labute approximate surface area is 159 Å². The van der Waals surface area contributed by atoms with E-state index in [2.05, 4.69) is 4.90 Å². The van der Waals surface area contributed by atoms with Crippen LogP contribution in [0, 0.1) is 0 Å². The van der Waals surface area contributed by atoms with Crippen molar-refractivity contribution in [3.8, 4) is 5.75 Å². The molecule has 1 aromatic rings. The first-order valence-corrected chi connectivity index (χ1v) is 9.48. The molecule has 1 aromatic carbocycles. The minimum atomic E-state index is -0.271. The number of methoxy groups -OCH3 is 1. The number of nitrogens with zero attached hydrogens (tertiary/aromatic N) is 3. The number of likely N-dealkylation sites (tertiary alicyclic amines) is 1. The molecule has 2 heterocycles. The first-order valence-electron chi connectivity index (χ1n) is 9.10. The Kier molecular flexibility index (Phi) is 6.04. The number of halogens is 1. The summed E-state index contributed by atoms with van der Waals surface area (Å²) in [6.45, 7) is 5.95. The maximum absolute atomic E-state index is 12.8. The summed E-state index contributed by atoms with van der Waals surface area (Å²) >= 11 is 6.11. The van der Waals surface area contributed by atoms with Crippen LogP contribution in [0.4, 0.5) is 0 Å². The van der Waals surface area contributed by atoms with Crippen LogP contribution in [-0.2, 0) is 16.1 Å². The molecule has 1 atom stereocenters. The second-order valence-corrected chi connectivity index (χ2v) is 7.36. The molecule has 0 aliphatic carbocycles. The highest BCUT2D eigenvalue weighted by atomic mass is 35.5. The van der Waals surface area contributed by atoms with Gasteiger partial charge in [0.15, 0.2) is 0 Å². The lowest BCUT2D eigenvalue weighted by atomic mass is 10.1. The lowest BCUT2D eigenvalue weighted by Crippen LogP contribution is -2.54. The zero-order valence-electron chi connectivity index (χ0n) is 15.4. The first-order chi connectivity index (χ1) is 12.5. The van der Waals surface area contributed by atoms with Gasteiger partial charge in [-0.15, -0.1) is 0 Å². The van der Waals surface area contributed by atoms with E-state index in [0.717, 1.165) is 43.8 Å². The monoisotopic (exact) mass is 379 g/mol. The second kappa shape index (κ2) is 8.27. The van der Waals surface area contributed by atoms with Gasteiger partial charge in [-0.2, -0.15) is 0 Å². The van der Waals surface area contributed by atoms with Crippen LogP contribution in [0.15, 0.2) is 18.2 Å². The summed E-state index contributed by atoms with van der Waals surface area (Å²) in [7, 11) is 1.66. The Morgan fingerprint density at radius 1 is 1.19 bits per heavy atom. The van der Waals surface area contributed by atoms with E-state index in [9.17, 15) is 9.59 Å². The number of piperazine rings is 1. The molecule has 2 fully saturated rings. The van der Waals surface area contributed by atoms with Crippen molar-refractivity contribution in [2.75, 3.05) is 39.8 Å². The summed E-state index contributed by atoms with van der Waals surface area (Å²) in [6.07, 6.45) is 1.68. The van der Waals surface area contributed by atoms with Gasteiger partial charge in [-0.25, -0.2) is 0 Å². The fourth-order valence-corrected chi connectivity index (χ4v) is 4.04. The molecule has 0 N–H and O–H groups in total. The predicted molar refractivity (Wildman–Crippen MR) is 100 cm³/mol. The van der Waals surface area contributed by atoms with Crippen LogP contribution in [0.2, 0.25) is 5.02 Å². The minimum Gasteiger partial charge on any atom is -0.496 e. The van der Waals surface area contributed by atoms with Crippen LogP contribution in [0.5, 0.6) is 5.75 Å². The molecule has 1 unspecified atom stereocenters. The van der Waals surface area contributed by atoms with Crippen LogP contribution >= 0.6 is 11.6 Å². The molecule has 142 valence electrons. The van der Waals surface area contributed by atoms with Gasteiger partial charge in [0.1, 0.15) is 11.8 Å². The van der Waals surface area contributed by atoms with Crippen molar-refractivity contribution >= 4 is 23.4 Å². The predicted octanol–water partition coefficient (Wildman–Crippen LogP) is 2.00. The molecule has 0 bridgehead atoms.